The Labute approximate surface area is 166 Å². The van der Waals surface area contributed by atoms with E-state index >= 15 is 0 Å². The van der Waals surface area contributed by atoms with Gasteiger partial charge in [0.2, 0.25) is 15.9 Å². The summed E-state index contributed by atoms with van der Waals surface area (Å²) in [5, 5.41) is 2.80. The van der Waals surface area contributed by atoms with Crippen LogP contribution in [0.3, 0.4) is 0 Å². The summed E-state index contributed by atoms with van der Waals surface area (Å²) in [6.07, 6.45) is 2.90. The Kier molecular flexibility index (Phi) is 6.79. The first-order valence-corrected chi connectivity index (χ1v) is 10.2. The molecule has 0 unspecified atom stereocenters. The minimum absolute atomic E-state index is 0.0125. The molecule has 26 heavy (non-hydrogen) atoms. The third kappa shape index (κ3) is 5.05. The molecular formula is C18H19IN2O4S. The monoisotopic (exact) mass is 486 g/mol. The fraction of sp³-hybridized carbons (Fsp3) is 0.167. The molecule has 0 saturated carbocycles. The van der Waals surface area contributed by atoms with Gasteiger partial charge in [-0.15, -0.1) is 0 Å². The van der Waals surface area contributed by atoms with Crippen LogP contribution in [0.15, 0.2) is 47.4 Å². The first-order chi connectivity index (χ1) is 12.3. The van der Waals surface area contributed by atoms with E-state index in [9.17, 15) is 13.2 Å². The first kappa shape index (κ1) is 20.4. The predicted octanol–water partition coefficient (Wildman–Crippen LogP) is 3.17. The van der Waals surface area contributed by atoms with E-state index in [1.165, 1.54) is 26.3 Å². The lowest BCUT2D eigenvalue weighted by Crippen LogP contribution is -2.19. The number of rotatable bonds is 6. The molecule has 0 aliphatic carbocycles. The highest BCUT2D eigenvalue weighted by atomic mass is 127. The summed E-state index contributed by atoms with van der Waals surface area (Å²) >= 11 is 2.21. The SMILES string of the molecule is CNS(=O)(=O)c1cc(/C=C/C(=O)Nc2ccc(I)cc2C)ccc1OC. The van der Waals surface area contributed by atoms with Gasteiger partial charge in [0.05, 0.1) is 7.11 Å². The van der Waals surface area contributed by atoms with Crippen molar-refractivity contribution in [2.24, 2.45) is 0 Å². The van der Waals surface area contributed by atoms with Crippen LogP contribution in [0.5, 0.6) is 5.75 Å². The molecule has 2 N–H and O–H groups in total. The number of carbonyl (C=O) groups excluding carboxylic acids is 1. The van der Waals surface area contributed by atoms with E-state index in [1.807, 2.05) is 25.1 Å². The van der Waals surface area contributed by atoms with Gasteiger partial charge in [0.1, 0.15) is 10.6 Å². The highest BCUT2D eigenvalue weighted by Crippen LogP contribution is 2.25. The Hall–Kier alpha value is -1.91. The quantitative estimate of drug-likeness (QED) is 0.486. The highest BCUT2D eigenvalue weighted by molar-refractivity contribution is 14.1. The van der Waals surface area contributed by atoms with Gasteiger partial charge in [0.25, 0.3) is 0 Å². The van der Waals surface area contributed by atoms with Crippen LogP contribution in [0, 0.1) is 10.5 Å². The maximum Gasteiger partial charge on any atom is 0.248 e. The summed E-state index contributed by atoms with van der Waals surface area (Å²) in [6, 6.07) is 10.4. The summed E-state index contributed by atoms with van der Waals surface area (Å²) < 4.78 is 32.6. The van der Waals surface area contributed by atoms with E-state index in [0.29, 0.717) is 5.56 Å². The molecule has 138 valence electrons. The van der Waals surface area contributed by atoms with Gasteiger partial charge in [0.15, 0.2) is 0 Å². The number of amides is 1. The molecule has 0 aliphatic heterocycles. The highest BCUT2D eigenvalue weighted by Gasteiger charge is 2.17. The second kappa shape index (κ2) is 8.65. The third-order valence-electron chi connectivity index (χ3n) is 3.62. The summed E-state index contributed by atoms with van der Waals surface area (Å²) in [7, 11) is -0.944. The first-order valence-electron chi connectivity index (χ1n) is 7.63. The van der Waals surface area contributed by atoms with Gasteiger partial charge in [-0.1, -0.05) is 6.07 Å². The second-order valence-corrected chi connectivity index (χ2v) is 8.50. The maximum absolute atomic E-state index is 12.1. The van der Waals surface area contributed by atoms with Gasteiger partial charge in [-0.25, -0.2) is 13.1 Å². The smallest absolute Gasteiger partial charge is 0.248 e. The van der Waals surface area contributed by atoms with Crippen molar-refractivity contribution in [1.29, 1.82) is 0 Å². The summed E-state index contributed by atoms with van der Waals surface area (Å²) in [4.78, 5) is 12.1. The molecule has 0 heterocycles. The van der Waals surface area contributed by atoms with Crippen molar-refractivity contribution in [2.75, 3.05) is 19.5 Å². The maximum atomic E-state index is 12.1. The molecule has 2 aromatic rings. The number of halogens is 1. The van der Waals surface area contributed by atoms with E-state index in [2.05, 4.69) is 32.6 Å². The second-order valence-electron chi connectivity index (χ2n) is 5.40. The number of benzene rings is 2. The number of aryl methyl sites for hydroxylation is 1. The van der Waals surface area contributed by atoms with Crippen molar-refractivity contribution in [2.45, 2.75) is 11.8 Å². The van der Waals surface area contributed by atoms with Gasteiger partial charge in [-0.3, -0.25) is 4.79 Å². The Morgan fingerprint density at radius 3 is 2.54 bits per heavy atom. The molecule has 0 radical (unpaired) electrons. The Bertz CT molecular complexity index is 956. The number of hydrogen-bond acceptors (Lipinski definition) is 4. The van der Waals surface area contributed by atoms with Gasteiger partial charge in [-0.2, -0.15) is 0 Å². The standard InChI is InChI=1S/C18H19IN2O4S/c1-12-10-14(19)6-7-15(12)21-18(22)9-5-13-4-8-16(25-3)17(11-13)26(23,24)20-2/h4-11,20H,1-3H3,(H,21,22)/b9-5+. The van der Waals surface area contributed by atoms with Crippen molar-refractivity contribution < 1.29 is 17.9 Å². The Morgan fingerprint density at radius 2 is 1.92 bits per heavy atom. The number of anilines is 1. The van der Waals surface area contributed by atoms with Crippen molar-refractivity contribution in [1.82, 2.24) is 4.72 Å². The van der Waals surface area contributed by atoms with Gasteiger partial charge in [0, 0.05) is 15.3 Å². The van der Waals surface area contributed by atoms with E-state index in [1.54, 1.807) is 18.2 Å². The lowest BCUT2D eigenvalue weighted by molar-refractivity contribution is -0.111. The van der Waals surface area contributed by atoms with Crippen LogP contribution in [0.4, 0.5) is 5.69 Å². The minimum atomic E-state index is -3.67. The molecule has 6 nitrogen and oxygen atoms in total. The molecule has 0 aromatic heterocycles. The van der Waals surface area contributed by atoms with Crippen LogP contribution >= 0.6 is 22.6 Å². The molecule has 8 heteroatoms. The van der Waals surface area contributed by atoms with Crippen LogP contribution in [0.25, 0.3) is 6.08 Å². The molecule has 2 aromatic carbocycles. The molecule has 1 amide bonds. The minimum Gasteiger partial charge on any atom is -0.495 e. The largest absolute Gasteiger partial charge is 0.495 e. The lowest BCUT2D eigenvalue weighted by Gasteiger charge is -2.09. The number of carbonyl (C=O) groups is 1. The molecule has 0 spiro atoms. The molecule has 0 fully saturated rings. The zero-order valence-corrected chi connectivity index (χ0v) is 17.5. The zero-order chi connectivity index (χ0) is 19.3. The summed E-state index contributed by atoms with van der Waals surface area (Å²) in [5.74, 6) is -0.0707. The lowest BCUT2D eigenvalue weighted by atomic mass is 10.2. The van der Waals surface area contributed by atoms with E-state index in [-0.39, 0.29) is 16.6 Å². The number of hydrogen-bond donors (Lipinski definition) is 2. The summed E-state index contributed by atoms with van der Waals surface area (Å²) in [5.41, 5.74) is 2.26. The molecule has 0 bridgehead atoms. The van der Waals surface area contributed by atoms with E-state index < -0.39 is 10.0 Å². The average Bonchev–Trinajstić information content (AvgIpc) is 2.62. The molecule has 0 saturated heterocycles. The van der Waals surface area contributed by atoms with Crippen molar-refractivity contribution in [3.8, 4) is 5.75 Å². The Balaban J connectivity index is 2.22. The van der Waals surface area contributed by atoms with Crippen molar-refractivity contribution >= 4 is 50.3 Å². The topological polar surface area (TPSA) is 84.5 Å². The van der Waals surface area contributed by atoms with Gasteiger partial charge < -0.3 is 10.1 Å². The van der Waals surface area contributed by atoms with Crippen molar-refractivity contribution in [3.05, 3.63) is 57.2 Å². The molecule has 2 rings (SSSR count). The third-order valence-corrected chi connectivity index (χ3v) is 5.73. The van der Waals surface area contributed by atoms with Crippen LogP contribution in [0.1, 0.15) is 11.1 Å². The zero-order valence-electron chi connectivity index (χ0n) is 14.5. The normalized spacial score (nSPS) is 11.5. The number of nitrogens with one attached hydrogen (secondary N) is 2. The molecular weight excluding hydrogens is 467 g/mol. The number of sulfonamides is 1. The Morgan fingerprint density at radius 1 is 1.19 bits per heavy atom. The summed E-state index contributed by atoms with van der Waals surface area (Å²) in [6.45, 7) is 1.92. The van der Waals surface area contributed by atoms with E-state index in [0.717, 1.165) is 14.8 Å². The average molecular weight is 486 g/mol. The van der Waals surface area contributed by atoms with Crippen LogP contribution in [0.2, 0.25) is 0 Å². The van der Waals surface area contributed by atoms with Gasteiger partial charge in [-0.05, 0) is 84.1 Å². The van der Waals surface area contributed by atoms with Crippen LogP contribution in [-0.2, 0) is 14.8 Å². The fourth-order valence-corrected chi connectivity index (χ4v) is 3.80. The number of methoxy groups -OCH3 is 1. The van der Waals surface area contributed by atoms with Crippen LogP contribution in [-0.4, -0.2) is 28.5 Å². The molecule has 0 atom stereocenters. The van der Waals surface area contributed by atoms with Gasteiger partial charge >= 0.3 is 0 Å². The van der Waals surface area contributed by atoms with Crippen molar-refractivity contribution in [3.63, 3.8) is 0 Å². The fourth-order valence-electron chi connectivity index (χ4n) is 2.23. The van der Waals surface area contributed by atoms with Crippen LogP contribution < -0.4 is 14.8 Å². The molecule has 0 aliphatic rings. The number of ether oxygens (including phenoxy) is 1. The predicted molar refractivity (Wildman–Crippen MR) is 111 cm³/mol. The van der Waals surface area contributed by atoms with E-state index in [4.69, 9.17) is 4.74 Å².